The van der Waals surface area contributed by atoms with Gasteiger partial charge >= 0.3 is 5.97 Å². The fourth-order valence-corrected chi connectivity index (χ4v) is 3.49. The third-order valence-electron chi connectivity index (χ3n) is 4.62. The van der Waals surface area contributed by atoms with E-state index < -0.39 is 17.9 Å². The van der Waals surface area contributed by atoms with E-state index in [1.165, 1.54) is 0 Å². The highest BCUT2D eigenvalue weighted by Gasteiger charge is 2.46. The Morgan fingerprint density at radius 3 is 2.92 bits per heavy atom. The number of hydrogen-bond donors (Lipinski definition) is 1. The summed E-state index contributed by atoms with van der Waals surface area (Å²) in [5.41, 5.74) is 0.704. The van der Waals surface area contributed by atoms with Crippen LogP contribution in [0.4, 0.5) is 0 Å². The summed E-state index contributed by atoms with van der Waals surface area (Å²) in [7, 11) is 1.60. The number of carboxylic acids is 1. The lowest BCUT2D eigenvalue weighted by atomic mass is 9.92. The summed E-state index contributed by atoms with van der Waals surface area (Å²) in [6, 6.07) is 4.90. The van der Waals surface area contributed by atoms with Crippen LogP contribution in [-0.2, 0) is 14.3 Å². The predicted molar refractivity (Wildman–Crippen MR) is 88.7 cm³/mol. The van der Waals surface area contributed by atoms with Crippen LogP contribution in [0.25, 0.3) is 0 Å². The van der Waals surface area contributed by atoms with E-state index in [-0.39, 0.29) is 12.3 Å². The zero-order chi connectivity index (χ0) is 17.8. The van der Waals surface area contributed by atoms with Crippen molar-refractivity contribution >= 4 is 11.9 Å². The molecule has 2 heterocycles. The SMILES string of the molecule is COCCCN1C(=O)CC(C(=O)O)C1c1cccc2c1OCCCO2. The third kappa shape index (κ3) is 3.56. The van der Waals surface area contributed by atoms with Gasteiger partial charge in [-0.05, 0) is 12.5 Å². The number of carbonyl (C=O) groups is 2. The maximum Gasteiger partial charge on any atom is 0.309 e. The fraction of sp³-hybridized carbons (Fsp3) is 0.556. The van der Waals surface area contributed by atoms with E-state index in [9.17, 15) is 14.7 Å². The number of methoxy groups -OCH3 is 1. The molecular weight excluding hydrogens is 326 g/mol. The van der Waals surface area contributed by atoms with Gasteiger partial charge in [0.25, 0.3) is 0 Å². The van der Waals surface area contributed by atoms with Crippen LogP contribution in [0.3, 0.4) is 0 Å². The highest BCUT2D eigenvalue weighted by molar-refractivity contribution is 5.87. The third-order valence-corrected chi connectivity index (χ3v) is 4.62. The van der Waals surface area contributed by atoms with Gasteiger partial charge in [0.1, 0.15) is 0 Å². The van der Waals surface area contributed by atoms with Gasteiger partial charge in [0.2, 0.25) is 5.91 Å². The van der Waals surface area contributed by atoms with Crippen LogP contribution < -0.4 is 9.47 Å². The monoisotopic (exact) mass is 349 g/mol. The Kier molecular flexibility index (Phi) is 5.43. The molecule has 3 rings (SSSR count). The van der Waals surface area contributed by atoms with Crippen LogP contribution in [0, 0.1) is 5.92 Å². The van der Waals surface area contributed by atoms with Crippen molar-refractivity contribution in [1.82, 2.24) is 4.90 Å². The van der Waals surface area contributed by atoms with Crippen LogP contribution in [0.15, 0.2) is 18.2 Å². The summed E-state index contributed by atoms with van der Waals surface area (Å²) in [5, 5.41) is 9.64. The molecule has 1 fully saturated rings. The van der Waals surface area contributed by atoms with Crippen molar-refractivity contribution in [3.63, 3.8) is 0 Å². The number of ether oxygens (including phenoxy) is 3. The summed E-state index contributed by atoms with van der Waals surface area (Å²) < 4.78 is 16.6. The molecule has 25 heavy (non-hydrogen) atoms. The number of likely N-dealkylation sites (tertiary alicyclic amines) is 1. The molecule has 0 bridgehead atoms. The lowest BCUT2D eigenvalue weighted by molar-refractivity contribution is -0.142. The number of fused-ring (bicyclic) bond motifs is 1. The van der Waals surface area contributed by atoms with Crippen molar-refractivity contribution in [3.8, 4) is 11.5 Å². The zero-order valence-electron chi connectivity index (χ0n) is 14.3. The van der Waals surface area contributed by atoms with E-state index in [4.69, 9.17) is 14.2 Å². The molecule has 1 aromatic carbocycles. The molecule has 0 aromatic heterocycles. The van der Waals surface area contributed by atoms with Crippen molar-refractivity contribution in [2.75, 3.05) is 33.5 Å². The number of nitrogens with zero attached hydrogens (tertiary/aromatic N) is 1. The molecule has 1 amide bonds. The Bertz CT molecular complexity index is 646. The summed E-state index contributed by atoms with van der Waals surface area (Å²) in [5.74, 6) is -0.758. The highest BCUT2D eigenvalue weighted by Crippen LogP contribution is 2.45. The van der Waals surface area contributed by atoms with Crippen molar-refractivity contribution in [3.05, 3.63) is 23.8 Å². The first-order valence-electron chi connectivity index (χ1n) is 8.53. The van der Waals surface area contributed by atoms with E-state index in [1.807, 2.05) is 18.2 Å². The molecule has 136 valence electrons. The Labute approximate surface area is 146 Å². The first-order valence-corrected chi connectivity index (χ1v) is 8.53. The smallest absolute Gasteiger partial charge is 0.309 e. The molecule has 0 radical (unpaired) electrons. The first-order chi connectivity index (χ1) is 12.1. The van der Waals surface area contributed by atoms with Crippen LogP contribution >= 0.6 is 0 Å². The highest BCUT2D eigenvalue weighted by atomic mass is 16.5. The van der Waals surface area contributed by atoms with Crippen molar-refractivity contribution in [2.24, 2.45) is 5.92 Å². The van der Waals surface area contributed by atoms with Crippen LogP contribution in [-0.4, -0.2) is 55.4 Å². The van der Waals surface area contributed by atoms with Crippen molar-refractivity contribution in [2.45, 2.75) is 25.3 Å². The lowest BCUT2D eigenvalue weighted by Gasteiger charge is -2.29. The molecule has 1 saturated heterocycles. The van der Waals surface area contributed by atoms with Gasteiger partial charge in [-0.2, -0.15) is 0 Å². The zero-order valence-corrected chi connectivity index (χ0v) is 14.3. The lowest BCUT2D eigenvalue weighted by Crippen LogP contribution is -2.32. The Balaban J connectivity index is 1.98. The van der Waals surface area contributed by atoms with E-state index >= 15 is 0 Å². The Morgan fingerprint density at radius 2 is 2.16 bits per heavy atom. The Morgan fingerprint density at radius 1 is 1.36 bits per heavy atom. The second-order valence-electron chi connectivity index (χ2n) is 6.25. The molecule has 0 spiro atoms. The van der Waals surface area contributed by atoms with Gasteiger partial charge in [-0.3, -0.25) is 9.59 Å². The molecular formula is C18H23NO6. The van der Waals surface area contributed by atoms with E-state index in [2.05, 4.69) is 0 Å². The predicted octanol–water partition coefficient (Wildman–Crippen LogP) is 1.86. The minimum absolute atomic E-state index is 0.00247. The van der Waals surface area contributed by atoms with Gasteiger partial charge in [0, 0.05) is 38.7 Å². The number of amides is 1. The van der Waals surface area contributed by atoms with E-state index in [0.717, 1.165) is 6.42 Å². The molecule has 2 atom stereocenters. The number of para-hydroxylation sites is 1. The number of rotatable bonds is 6. The van der Waals surface area contributed by atoms with Gasteiger partial charge < -0.3 is 24.2 Å². The minimum Gasteiger partial charge on any atom is -0.490 e. The second kappa shape index (κ2) is 7.74. The molecule has 2 aliphatic rings. The Hall–Kier alpha value is -2.28. The topological polar surface area (TPSA) is 85.3 Å². The van der Waals surface area contributed by atoms with Gasteiger partial charge in [0.15, 0.2) is 11.5 Å². The van der Waals surface area contributed by atoms with Crippen LogP contribution in [0.5, 0.6) is 11.5 Å². The minimum atomic E-state index is -0.972. The van der Waals surface area contributed by atoms with Crippen LogP contribution in [0.1, 0.15) is 30.9 Å². The second-order valence-corrected chi connectivity index (χ2v) is 6.25. The van der Waals surface area contributed by atoms with Crippen molar-refractivity contribution in [1.29, 1.82) is 0 Å². The molecule has 1 aromatic rings. The summed E-state index contributed by atoms with van der Waals surface area (Å²) in [4.78, 5) is 25.9. The number of hydrogen-bond acceptors (Lipinski definition) is 5. The van der Waals surface area contributed by atoms with E-state index in [0.29, 0.717) is 49.8 Å². The number of benzene rings is 1. The van der Waals surface area contributed by atoms with Crippen molar-refractivity contribution < 1.29 is 28.9 Å². The summed E-state index contributed by atoms with van der Waals surface area (Å²) >= 11 is 0. The standard InChI is InChI=1S/C18H23NO6/c1-23-8-3-7-19-15(20)11-13(18(21)22)16(19)12-5-2-6-14-17(12)25-10-4-9-24-14/h2,5-6,13,16H,3-4,7-11H2,1H3,(H,21,22). The maximum atomic E-state index is 12.5. The average Bonchev–Trinajstić information content (AvgIpc) is 2.77. The molecule has 2 aliphatic heterocycles. The summed E-state index contributed by atoms with van der Waals surface area (Å²) in [6.07, 6.45) is 1.41. The number of carboxylic acid groups (broad SMARTS) is 1. The molecule has 0 saturated carbocycles. The van der Waals surface area contributed by atoms with E-state index in [1.54, 1.807) is 12.0 Å². The van der Waals surface area contributed by atoms with Crippen LogP contribution in [0.2, 0.25) is 0 Å². The molecule has 1 N–H and O–H groups in total. The molecule has 2 unspecified atom stereocenters. The van der Waals surface area contributed by atoms with Gasteiger partial charge in [-0.15, -0.1) is 0 Å². The average molecular weight is 349 g/mol. The first kappa shape index (κ1) is 17.5. The fourth-order valence-electron chi connectivity index (χ4n) is 3.49. The number of carbonyl (C=O) groups excluding carboxylic acids is 1. The normalized spacial score (nSPS) is 22.8. The van der Waals surface area contributed by atoms with Gasteiger partial charge in [-0.1, -0.05) is 12.1 Å². The molecule has 7 nitrogen and oxygen atoms in total. The number of aliphatic carboxylic acids is 1. The van der Waals surface area contributed by atoms with Gasteiger partial charge in [0.05, 0.1) is 25.2 Å². The quantitative estimate of drug-likeness (QED) is 0.789. The molecule has 0 aliphatic carbocycles. The van der Waals surface area contributed by atoms with Gasteiger partial charge in [-0.25, -0.2) is 0 Å². The molecule has 7 heteroatoms. The summed E-state index contributed by atoms with van der Waals surface area (Å²) in [6.45, 7) is 2.03. The largest absolute Gasteiger partial charge is 0.490 e. The maximum absolute atomic E-state index is 12.5.